The first kappa shape index (κ1) is 28.2. The molecule has 1 saturated heterocycles. The van der Waals surface area contributed by atoms with Gasteiger partial charge in [-0.3, -0.25) is 4.79 Å². The molecule has 1 aliphatic rings. The molecule has 4 aromatic rings. The lowest BCUT2D eigenvalue weighted by Gasteiger charge is -2.43. The quantitative estimate of drug-likeness (QED) is 0.173. The Labute approximate surface area is 237 Å². The van der Waals surface area contributed by atoms with Crippen LogP contribution in [0.5, 0.6) is 0 Å². The summed E-state index contributed by atoms with van der Waals surface area (Å²) in [5.74, 6) is -0.768. The summed E-state index contributed by atoms with van der Waals surface area (Å²) in [6.07, 6.45) is -7.21. The molecule has 0 bridgehead atoms. The lowest BCUT2D eigenvalue weighted by Crippen LogP contribution is -2.61. The first-order valence-corrected chi connectivity index (χ1v) is 13.2. The average Bonchev–Trinajstić information content (AvgIpc) is 3.03. The SMILES string of the molecule is O=CO[C@H]1[C@H](O)[C@@H](COC(c2ccccc2)(c2ccccc2)c2ccccc2)O[C@H](O)[C@@H]1OC(=O)c1ccccc1. The van der Waals surface area contributed by atoms with Gasteiger partial charge in [-0.05, 0) is 28.8 Å². The van der Waals surface area contributed by atoms with Crippen LogP contribution in [-0.2, 0) is 29.3 Å². The van der Waals surface area contributed by atoms with Gasteiger partial charge in [0.15, 0.2) is 18.5 Å². The highest BCUT2D eigenvalue weighted by atomic mass is 16.7. The van der Waals surface area contributed by atoms with E-state index in [1.165, 1.54) is 12.1 Å². The fourth-order valence-electron chi connectivity index (χ4n) is 5.13. The fourth-order valence-corrected chi connectivity index (χ4v) is 5.13. The Kier molecular flexibility index (Phi) is 8.86. The molecule has 1 aliphatic heterocycles. The number of hydrogen-bond donors (Lipinski definition) is 2. The highest BCUT2D eigenvalue weighted by Gasteiger charge is 2.50. The lowest BCUT2D eigenvalue weighted by atomic mass is 9.80. The number of carbonyl (C=O) groups excluding carboxylic acids is 2. The van der Waals surface area contributed by atoms with Crippen LogP contribution in [-0.4, -0.2) is 60.0 Å². The zero-order chi connectivity index (χ0) is 28.7. The van der Waals surface area contributed by atoms with Crippen LogP contribution in [0.1, 0.15) is 27.0 Å². The maximum atomic E-state index is 12.7. The van der Waals surface area contributed by atoms with Gasteiger partial charge in [-0.15, -0.1) is 0 Å². The Morgan fingerprint density at radius 1 is 0.732 bits per heavy atom. The highest BCUT2D eigenvalue weighted by Crippen LogP contribution is 2.41. The number of aliphatic hydroxyl groups excluding tert-OH is 2. The van der Waals surface area contributed by atoms with E-state index in [1.54, 1.807) is 18.2 Å². The van der Waals surface area contributed by atoms with Gasteiger partial charge in [0.05, 0.1) is 12.2 Å². The number of carbonyl (C=O) groups is 2. The van der Waals surface area contributed by atoms with Gasteiger partial charge in [-0.2, -0.15) is 0 Å². The Balaban J connectivity index is 1.45. The van der Waals surface area contributed by atoms with Gasteiger partial charge in [-0.25, -0.2) is 4.79 Å². The second-order valence-corrected chi connectivity index (χ2v) is 9.58. The van der Waals surface area contributed by atoms with Crippen molar-refractivity contribution in [2.75, 3.05) is 6.61 Å². The predicted molar refractivity (Wildman–Crippen MR) is 149 cm³/mol. The van der Waals surface area contributed by atoms with E-state index >= 15 is 0 Å². The summed E-state index contributed by atoms with van der Waals surface area (Å²) in [5, 5.41) is 22.1. The van der Waals surface area contributed by atoms with E-state index in [-0.39, 0.29) is 18.6 Å². The van der Waals surface area contributed by atoms with Crippen LogP contribution in [0.4, 0.5) is 0 Å². The van der Waals surface area contributed by atoms with E-state index in [0.717, 1.165) is 16.7 Å². The minimum Gasteiger partial charge on any atom is -0.458 e. The molecule has 0 aliphatic carbocycles. The minimum absolute atomic E-state index is 0.134. The van der Waals surface area contributed by atoms with Crippen LogP contribution < -0.4 is 0 Å². The number of esters is 1. The Morgan fingerprint density at radius 3 is 1.66 bits per heavy atom. The van der Waals surface area contributed by atoms with Crippen LogP contribution in [0.25, 0.3) is 0 Å². The third kappa shape index (κ3) is 5.91. The summed E-state index contributed by atoms with van der Waals surface area (Å²) in [4.78, 5) is 24.1. The van der Waals surface area contributed by atoms with Gasteiger partial charge in [0.1, 0.15) is 17.8 Å². The van der Waals surface area contributed by atoms with Gasteiger partial charge in [0.2, 0.25) is 0 Å². The van der Waals surface area contributed by atoms with Gasteiger partial charge >= 0.3 is 5.97 Å². The third-order valence-electron chi connectivity index (χ3n) is 7.11. The number of aliphatic hydroxyl groups is 2. The van der Waals surface area contributed by atoms with Crippen molar-refractivity contribution in [2.24, 2.45) is 0 Å². The molecule has 210 valence electrons. The molecular formula is C33H30O8. The first-order chi connectivity index (χ1) is 20.0. The summed E-state index contributed by atoms with van der Waals surface area (Å²) in [7, 11) is 0. The Bertz CT molecular complexity index is 1300. The van der Waals surface area contributed by atoms with Crippen molar-refractivity contribution in [1.82, 2.24) is 0 Å². The molecule has 5 atom stereocenters. The van der Waals surface area contributed by atoms with E-state index in [2.05, 4.69) is 0 Å². The zero-order valence-corrected chi connectivity index (χ0v) is 22.1. The average molecular weight is 555 g/mol. The normalized spacial score (nSPS) is 22.4. The van der Waals surface area contributed by atoms with Crippen LogP contribution in [0.2, 0.25) is 0 Å². The maximum Gasteiger partial charge on any atom is 0.338 e. The molecule has 1 heterocycles. The van der Waals surface area contributed by atoms with Crippen LogP contribution in [0, 0.1) is 0 Å². The third-order valence-corrected chi connectivity index (χ3v) is 7.11. The molecule has 2 N–H and O–H groups in total. The number of rotatable bonds is 10. The highest BCUT2D eigenvalue weighted by molar-refractivity contribution is 5.89. The number of benzene rings is 4. The molecular weight excluding hydrogens is 524 g/mol. The van der Waals surface area contributed by atoms with Crippen LogP contribution in [0.3, 0.4) is 0 Å². The van der Waals surface area contributed by atoms with Gasteiger partial charge < -0.3 is 29.2 Å². The Morgan fingerprint density at radius 2 is 1.20 bits per heavy atom. The summed E-state index contributed by atoms with van der Waals surface area (Å²) in [5.41, 5.74) is 1.61. The van der Waals surface area contributed by atoms with E-state index in [0.29, 0.717) is 0 Å². The predicted octanol–water partition coefficient (Wildman–Crippen LogP) is 3.84. The molecule has 41 heavy (non-hydrogen) atoms. The molecule has 4 aromatic carbocycles. The molecule has 1 fully saturated rings. The second kappa shape index (κ2) is 12.9. The zero-order valence-electron chi connectivity index (χ0n) is 22.1. The molecule has 8 nitrogen and oxygen atoms in total. The molecule has 0 radical (unpaired) electrons. The van der Waals surface area contributed by atoms with E-state index in [4.69, 9.17) is 18.9 Å². The summed E-state index contributed by atoms with van der Waals surface area (Å²) < 4.78 is 23.0. The minimum atomic E-state index is -1.70. The molecule has 0 amide bonds. The van der Waals surface area contributed by atoms with Crippen molar-refractivity contribution < 1.29 is 38.7 Å². The Hall–Kier alpha value is -4.34. The lowest BCUT2D eigenvalue weighted by molar-refractivity contribution is -0.291. The van der Waals surface area contributed by atoms with Crippen molar-refractivity contribution in [3.8, 4) is 0 Å². The van der Waals surface area contributed by atoms with Crippen LogP contribution in [0.15, 0.2) is 121 Å². The van der Waals surface area contributed by atoms with Gasteiger partial charge in [0.25, 0.3) is 6.47 Å². The molecule has 0 saturated carbocycles. The first-order valence-electron chi connectivity index (χ1n) is 13.2. The molecule has 0 unspecified atom stereocenters. The summed E-state index contributed by atoms with van der Waals surface area (Å²) in [6, 6.07) is 37.0. The van der Waals surface area contributed by atoms with Crippen molar-refractivity contribution in [3.63, 3.8) is 0 Å². The van der Waals surface area contributed by atoms with E-state index in [1.807, 2.05) is 91.0 Å². The maximum absolute atomic E-state index is 12.7. The smallest absolute Gasteiger partial charge is 0.338 e. The van der Waals surface area contributed by atoms with Crippen LogP contribution >= 0.6 is 0 Å². The van der Waals surface area contributed by atoms with Crippen molar-refractivity contribution in [3.05, 3.63) is 144 Å². The van der Waals surface area contributed by atoms with Gasteiger partial charge in [0, 0.05) is 0 Å². The second-order valence-electron chi connectivity index (χ2n) is 9.58. The number of ether oxygens (including phenoxy) is 4. The molecule has 0 spiro atoms. The fraction of sp³-hybridized carbons (Fsp3) is 0.212. The largest absolute Gasteiger partial charge is 0.458 e. The monoisotopic (exact) mass is 554 g/mol. The molecule has 5 rings (SSSR count). The molecule has 0 aromatic heterocycles. The van der Waals surface area contributed by atoms with Crippen molar-refractivity contribution in [2.45, 2.75) is 36.3 Å². The summed E-state index contributed by atoms with van der Waals surface area (Å²) >= 11 is 0. The summed E-state index contributed by atoms with van der Waals surface area (Å²) in [6.45, 7) is -0.0790. The van der Waals surface area contributed by atoms with E-state index < -0.39 is 42.3 Å². The number of hydrogen-bond acceptors (Lipinski definition) is 8. The van der Waals surface area contributed by atoms with E-state index in [9.17, 15) is 19.8 Å². The standard InChI is InChI=1S/C33H30O8/c34-22-38-29-28(35)27(40-32(37)30(29)41-31(36)23-13-5-1-6-14-23)21-39-33(24-15-7-2-8-16-24,25-17-9-3-10-18-25)26-19-11-4-12-20-26/h1-20,22,27-30,32,35,37H,21H2/t27-,28-,29+,30-,32+/m1/s1. The molecule has 8 heteroatoms. The topological polar surface area (TPSA) is 112 Å². The van der Waals surface area contributed by atoms with Crippen molar-refractivity contribution >= 4 is 12.4 Å². The van der Waals surface area contributed by atoms with Gasteiger partial charge in [-0.1, -0.05) is 109 Å². The van der Waals surface area contributed by atoms with Crippen molar-refractivity contribution in [1.29, 1.82) is 0 Å².